The highest BCUT2D eigenvalue weighted by Gasteiger charge is 2.59. The van der Waals surface area contributed by atoms with Gasteiger partial charge in [-0.15, -0.1) is 0 Å². The molecule has 0 N–H and O–H groups in total. The Kier molecular flexibility index (Phi) is 7.02. The van der Waals surface area contributed by atoms with Crippen molar-refractivity contribution in [2.75, 3.05) is 0 Å². The number of fused-ring (bicyclic) bond motifs is 5. The zero-order chi connectivity index (χ0) is 23.3. The first kappa shape index (κ1) is 24.8. The minimum atomic E-state index is -0.0203. The molecule has 0 aromatic rings. The van der Waals surface area contributed by atoms with Crippen LogP contribution in [0, 0.1) is 46.3 Å². The van der Waals surface area contributed by atoms with E-state index in [-0.39, 0.29) is 5.60 Å². The van der Waals surface area contributed by atoms with Crippen molar-refractivity contribution in [1.29, 1.82) is 0 Å². The molecule has 0 saturated heterocycles. The van der Waals surface area contributed by atoms with E-state index in [1.54, 1.807) is 5.57 Å². The van der Waals surface area contributed by atoms with Crippen molar-refractivity contribution in [3.63, 3.8) is 0 Å². The zero-order valence-electron chi connectivity index (χ0n) is 22.8. The number of allylic oxidation sites excluding steroid dienone is 1. The molecule has 0 aromatic carbocycles. The summed E-state index contributed by atoms with van der Waals surface area (Å²) in [5.74, 6) is 5.57. The normalized spacial score (nSPS) is 42.8. The fourth-order valence-corrected chi connectivity index (χ4v) is 9.25. The molecule has 4 aliphatic rings. The van der Waals surface area contributed by atoms with Gasteiger partial charge in [-0.25, -0.2) is 0 Å². The molecule has 184 valence electrons. The quantitative estimate of drug-likeness (QED) is 0.372. The summed E-state index contributed by atoms with van der Waals surface area (Å²) < 4.78 is 6.44. The third-order valence-electron chi connectivity index (χ3n) is 10.8. The highest BCUT2D eigenvalue weighted by Crippen LogP contribution is 2.67. The summed E-state index contributed by atoms with van der Waals surface area (Å²) in [5, 5.41) is 0. The van der Waals surface area contributed by atoms with Crippen molar-refractivity contribution in [3.8, 4) is 0 Å². The van der Waals surface area contributed by atoms with Crippen molar-refractivity contribution in [3.05, 3.63) is 11.6 Å². The Hall–Kier alpha value is -0.300. The lowest BCUT2D eigenvalue weighted by molar-refractivity contribution is -0.0955. The number of ether oxygens (including phenoxy) is 1. The standard InChI is InChI=1S/C31H54O/c1-21(2)10-9-11-22(3)26-14-15-27-25-13-12-23-20-24(32-29(4,5)6)16-18-30(23,7)28(25)17-19-31(26,27)8/h12,21-22,24-28H,9-11,13-20H2,1-8H3/t22?,24-,25-,26+,27-,28-,30-,31+/m0/s1. The Morgan fingerprint density at radius 3 is 2.41 bits per heavy atom. The SMILES string of the molecule is CC(C)CCCC(C)[C@H]1CC[C@H]2[C@@H]3CC=C4C[C@@H](OC(C)(C)C)CC[C@]4(C)[C@H]3CC[C@]12C. The summed E-state index contributed by atoms with van der Waals surface area (Å²) in [6, 6.07) is 0. The van der Waals surface area contributed by atoms with Crippen molar-refractivity contribution >= 4 is 0 Å². The van der Waals surface area contributed by atoms with Gasteiger partial charge in [-0.3, -0.25) is 0 Å². The minimum Gasteiger partial charge on any atom is -0.372 e. The van der Waals surface area contributed by atoms with E-state index in [1.807, 2.05) is 0 Å². The maximum atomic E-state index is 6.44. The molecule has 0 heterocycles. The van der Waals surface area contributed by atoms with E-state index in [1.165, 1.54) is 70.6 Å². The third-order valence-corrected chi connectivity index (χ3v) is 10.8. The molecule has 3 saturated carbocycles. The lowest BCUT2D eigenvalue weighted by Gasteiger charge is -2.58. The minimum absolute atomic E-state index is 0.0203. The maximum Gasteiger partial charge on any atom is 0.0619 e. The summed E-state index contributed by atoms with van der Waals surface area (Å²) in [6.45, 7) is 19.4. The van der Waals surface area contributed by atoms with Gasteiger partial charge in [0.15, 0.2) is 0 Å². The van der Waals surface area contributed by atoms with Gasteiger partial charge in [0.2, 0.25) is 0 Å². The molecule has 0 spiro atoms. The van der Waals surface area contributed by atoms with E-state index in [9.17, 15) is 0 Å². The van der Waals surface area contributed by atoms with Crippen LogP contribution in [-0.4, -0.2) is 11.7 Å². The third kappa shape index (κ3) is 4.63. The van der Waals surface area contributed by atoms with Crippen LogP contribution in [0.4, 0.5) is 0 Å². The van der Waals surface area contributed by atoms with E-state index in [4.69, 9.17) is 4.74 Å². The van der Waals surface area contributed by atoms with Crippen LogP contribution in [0.1, 0.15) is 126 Å². The van der Waals surface area contributed by atoms with Crippen LogP contribution in [0.25, 0.3) is 0 Å². The summed E-state index contributed by atoms with van der Waals surface area (Å²) >= 11 is 0. The Balaban J connectivity index is 1.46. The highest BCUT2D eigenvalue weighted by molar-refractivity contribution is 5.25. The molecule has 1 heteroatoms. The largest absolute Gasteiger partial charge is 0.372 e. The highest BCUT2D eigenvalue weighted by atomic mass is 16.5. The van der Waals surface area contributed by atoms with Gasteiger partial charge in [-0.1, -0.05) is 65.5 Å². The van der Waals surface area contributed by atoms with Crippen molar-refractivity contribution in [2.45, 2.75) is 138 Å². The van der Waals surface area contributed by atoms with E-state index in [0.717, 1.165) is 35.5 Å². The Morgan fingerprint density at radius 1 is 0.969 bits per heavy atom. The Labute approximate surface area is 200 Å². The fourth-order valence-electron chi connectivity index (χ4n) is 9.25. The summed E-state index contributed by atoms with van der Waals surface area (Å²) in [5.41, 5.74) is 2.79. The number of hydrogen-bond acceptors (Lipinski definition) is 1. The van der Waals surface area contributed by atoms with E-state index < -0.39 is 0 Å². The van der Waals surface area contributed by atoms with Gasteiger partial charge in [-0.2, -0.15) is 0 Å². The predicted octanol–water partition coefficient (Wildman–Crippen LogP) is 9.21. The smallest absolute Gasteiger partial charge is 0.0619 e. The Bertz CT molecular complexity index is 683. The molecule has 0 bridgehead atoms. The van der Waals surface area contributed by atoms with Gasteiger partial charge in [0.1, 0.15) is 0 Å². The monoisotopic (exact) mass is 442 g/mol. The average molecular weight is 443 g/mol. The number of rotatable bonds is 6. The van der Waals surface area contributed by atoms with Gasteiger partial charge >= 0.3 is 0 Å². The second kappa shape index (κ2) is 9.05. The van der Waals surface area contributed by atoms with Crippen LogP contribution in [0.5, 0.6) is 0 Å². The maximum absolute atomic E-state index is 6.44. The predicted molar refractivity (Wildman–Crippen MR) is 138 cm³/mol. The molecule has 0 radical (unpaired) electrons. The second-order valence-corrected chi connectivity index (χ2v) is 14.4. The van der Waals surface area contributed by atoms with E-state index in [2.05, 4.69) is 61.5 Å². The molecule has 32 heavy (non-hydrogen) atoms. The van der Waals surface area contributed by atoms with Gasteiger partial charge in [0.05, 0.1) is 11.7 Å². The van der Waals surface area contributed by atoms with Crippen LogP contribution in [-0.2, 0) is 4.74 Å². The van der Waals surface area contributed by atoms with Crippen LogP contribution in [0.3, 0.4) is 0 Å². The molecule has 0 amide bonds. The summed E-state index contributed by atoms with van der Waals surface area (Å²) in [4.78, 5) is 0. The van der Waals surface area contributed by atoms with Gasteiger partial charge in [0, 0.05) is 0 Å². The first-order valence-electron chi connectivity index (χ1n) is 14.3. The molecule has 4 aliphatic carbocycles. The van der Waals surface area contributed by atoms with Crippen molar-refractivity contribution < 1.29 is 4.74 Å². The van der Waals surface area contributed by atoms with Crippen LogP contribution < -0.4 is 0 Å². The molecule has 4 rings (SSSR count). The molecule has 3 fully saturated rings. The van der Waals surface area contributed by atoms with E-state index in [0.29, 0.717) is 16.9 Å². The van der Waals surface area contributed by atoms with Crippen LogP contribution >= 0.6 is 0 Å². The first-order valence-corrected chi connectivity index (χ1v) is 14.3. The van der Waals surface area contributed by atoms with E-state index >= 15 is 0 Å². The van der Waals surface area contributed by atoms with Crippen molar-refractivity contribution in [1.82, 2.24) is 0 Å². The molecule has 1 nitrogen and oxygen atoms in total. The molecular weight excluding hydrogens is 388 g/mol. The van der Waals surface area contributed by atoms with Crippen molar-refractivity contribution in [2.24, 2.45) is 46.3 Å². The zero-order valence-corrected chi connectivity index (χ0v) is 22.8. The average Bonchev–Trinajstić information content (AvgIpc) is 3.04. The molecule has 8 atom stereocenters. The summed E-state index contributed by atoms with van der Waals surface area (Å²) in [6.07, 6.45) is 18.6. The molecular formula is C31H54O. The lowest BCUT2D eigenvalue weighted by Crippen LogP contribution is -2.51. The molecule has 0 aromatic heterocycles. The second-order valence-electron chi connectivity index (χ2n) is 14.4. The van der Waals surface area contributed by atoms with Gasteiger partial charge in [-0.05, 0) is 118 Å². The van der Waals surface area contributed by atoms with Gasteiger partial charge in [0.25, 0.3) is 0 Å². The Morgan fingerprint density at radius 2 is 1.72 bits per heavy atom. The first-order chi connectivity index (χ1) is 14.9. The summed E-state index contributed by atoms with van der Waals surface area (Å²) in [7, 11) is 0. The lowest BCUT2D eigenvalue weighted by atomic mass is 9.47. The van der Waals surface area contributed by atoms with Crippen LogP contribution in [0.2, 0.25) is 0 Å². The molecule has 1 unspecified atom stereocenters. The van der Waals surface area contributed by atoms with Crippen LogP contribution in [0.15, 0.2) is 11.6 Å². The molecule has 0 aliphatic heterocycles. The fraction of sp³-hybridized carbons (Fsp3) is 0.935. The van der Waals surface area contributed by atoms with Gasteiger partial charge < -0.3 is 4.74 Å². The number of hydrogen-bond donors (Lipinski definition) is 0. The topological polar surface area (TPSA) is 9.23 Å².